The molecule has 1 aromatic heterocycles. The molecule has 0 radical (unpaired) electrons. The number of hydrogen-bond donors (Lipinski definition) is 1. The van der Waals surface area contributed by atoms with E-state index in [0.29, 0.717) is 6.10 Å². The fourth-order valence-electron chi connectivity index (χ4n) is 2.83. The van der Waals surface area contributed by atoms with Crippen LogP contribution in [0.4, 0.5) is 0 Å². The molecular formula is C16H26N2O2. The molecule has 0 spiro atoms. The molecule has 2 heterocycles. The van der Waals surface area contributed by atoms with Crippen molar-refractivity contribution in [1.29, 1.82) is 0 Å². The molecule has 4 nitrogen and oxygen atoms in total. The Hall–Kier alpha value is -0.840. The second-order valence-electron chi connectivity index (χ2n) is 6.31. The lowest BCUT2D eigenvalue weighted by atomic mass is 10.2. The Kier molecular flexibility index (Phi) is 4.44. The zero-order valence-corrected chi connectivity index (χ0v) is 12.7. The van der Waals surface area contributed by atoms with Gasteiger partial charge >= 0.3 is 0 Å². The van der Waals surface area contributed by atoms with Crippen LogP contribution in [-0.2, 0) is 17.8 Å². The van der Waals surface area contributed by atoms with Crippen molar-refractivity contribution >= 4 is 0 Å². The average Bonchev–Trinajstić information content (AvgIpc) is 2.98. The van der Waals surface area contributed by atoms with E-state index in [2.05, 4.69) is 30.3 Å². The Morgan fingerprint density at radius 3 is 2.90 bits per heavy atom. The van der Waals surface area contributed by atoms with Crippen molar-refractivity contribution < 1.29 is 9.15 Å². The summed E-state index contributed by atoms with van der Waals surface area (Å²) in [6.45, 7) is 5.79. The van der Waals surface area contributed by atoms with E-state index in [4.69, 9.17) is 9.15 Å². The Balaban J connectivity index is 1.49. The molecule has 0 bridgehead atoms. The molecular weight excluding hydrogens is 252 g/mol. The van der Waals surface area contributed by atoms with Crippen LogP contribution in [0.5, 0.6) is 0 Å². The van der Waals surface area contributed by atoms with E-state index in [1.165, 1.54) is 31.2 Å². The first-order chi connectivity index (χ1) is 9.70. The standard InChI is InChI=1S/C16H26N2O2/c1-12-8-15(20-16(12)9-17-13-5-6-13)11-18(2)10-14-4-3-7-19-14/h8,13-14,17H,3-7,9-11H2,1-2H3. The molecule has 112 valence electrons. The summed E-state index contributed by atoms with van der Waals surface area (Å²) in [5, 5.41) is 3.51. The van der Waals surface area contributed by atoms with E-state index in [0.717, 1.165) is 43.8 Å². The molecule has 1 saturated heterocycles. The number of ether oxygens (including phenoxy) is 1. The van der Waals surface area contributed by atoms with Gasteiger partial charge in [-0.1, -0.05) is 0 Å². The zero-order valence-electron chi connectivity index (χ0n) is 12.7. The molecule has 1 aliphatic carbocycles. The highest BCUT2D eigenvalue weighted by atomic mass is 16.5. The van der Waals surface area contributed by atoms with Crippen LogP contribution < -0.4 is 5.32 Å². The summed E-state index contributed by atoms with van der Waals surface area (Å²) in [5.41, 5.74) is 1.26. The number of likely N-dealkylation sites (N-methyl/N-ethyl adjacent to an activating group) is 1. The third-order valence-electron chi connectivity index (χ3n) is 4.17. The third-order valence-corrected chi connectivity index (χ3v) is 4.17. The number of hydrogen-bond acceptors (Lipinski definition) is 4. The van der Waals surface area contributed by atoms with Gasteiger partial charge < -0.3 is 14.5 Å². The summed E-state index contributed by atoms with van der Waals surface area (Å²) in [5.74, 6) is 2.16. The zero-order chi connectivity index (χ0) is 13.9. The van der Waals surface area contributed by atoms with Crippen molar-refractivity contribution in [1.82, 2.24) is 10.2 Å². The summed E-state index contributed by atoms with van der Waals surface area (Å²) in [7, 11) is 2.14. The summed E-state index contributed by atoms with van der Waals surface area (Å²) in [6.07, 6.45) is 5.44. The van der Waals surface area contributed by atoms with Gasteiger partial charge in [0.15, 0.2) is 0 Å². The van der Waals surface area contributed by atoms with E-state index in [1.807, 2.05) is 0 Å². The largest absolute Gasteiger partial charge is 0.463 e. The SMILES string of the molecule is Cc1cc(CN(C)CC2CCCO2)oc1CNC1CC1. The Labute approximate surface area is 121 Å². The molecule has 1 atom stereocenters. The Morgan fingerprint density at radius 1 is 1.35 bits per heavy atom. The van der Waals surface area contributed by atoms with Crippen LogP contribution in [0.3, 0.4) is 0 Å². The van der Waals surface area contributed by atoms with Crippen molar-refractivity contribution in [2.24, 2.45) is 0 Å². The molecule has 2 aliphatic rings. The van der Waals surface area contributed by atoms with Gasteiger partial charge in [-0.25, -0.2) is 0 Å². The first-order valence-corrected chi connectivity index (χ1v) is 7.82. The monoisotopic (exact) mass is 278 g/mol. The molecule has 1 unspecified atom stereocenters. The first kappa shape index (κ1) is 14.1. The van der Waals surface area contributed by atoms with Gasteiger partial charge in [-0.15, -0.1) is 0 Å². The Bertz CT molecular complexity index is 434. The van der Waals surface area contributed by atoms with Crippen LogP contribution in [0.2, 0.25) is 0 Å². The number of rotatable bonds is 7. The molecule has 2 fully saturated rings. The van der Waals surface area contributed by atoms with Crippen LogP contribution in [0.25, 0.3) is 0 Å². The average molecular weight is 278 g/mol. The third kappa shape index (κ3) is 3.84. The molecule has 0 amide bonds. The highest BCUT2D eigenvalue weighted by Gasteiger charge is 2.22. The van der Waals surface area contributed by atoms with Crippen molar-refractivity contribution in [2.75, 3.05) is 20.2 Å². The van der Waals surface area contributed by atoms with Crippen LogP contribution in [0.1, 0.15) is 42.8 Å². The number of aryl methyl sites for hydroxylation is 1. The molecule has 1 saturated carbocycles. The summed E-state index contributed by atoms with van der Waals surface area (Å²) in [6, 6.07) is 2.90. The van der Waals surface area contributed by atoms with Crippen LogP contribution in [0.15, 0.2) is 10.5 Å². The number of furan rings is 1. The van der Waals surface area contributed by atoms with Gasteiger partial charge in [0.2, 0.25) is 0 Å². The minimum atomic E-state index is 0.409. The maximum absolute atomic E-state index is 5.98. The molecule has 3 rings (SSSR count). The lowest BCUT2D eigenvalue weighted by molar-refractivity contribution is 0.0773. The summed E-state index contributed by atoms with van der Waals surface area (Å²) in [4.78, 5) is 2.30. The van der Waals surface area contributed by atoms with Gasteiger partial charge in [0.05, 0.1) is 19.2 Å². The smallest absolute Gasteiger partial charge is 0.120 e. The Morgan fingerprint density at radius 2 is 2.20 bits per heavy atom. The number of nitrogens with one attached hydrogen (secondary N) is 1. The van der Waals surface area contributed by atoms with Gasteiger partial charge in [-0.05, 0) is 51.3 Å². The van der Waals surface area contributed by atoms with Crippen LogP contribution >= 0.6 is 0 Å². The first-order valence-electron chi connectivity index (χ1n) is 7.82. The second-order valence-corrected chi connectivity index (χ2v) is 6.31. The van der Waals surface area contributed by atoms with E-state index in [-0.39, 0.29) is 0 Å². The van der Waals surface area contributed by atoms with Crippen molar-refractivity contribution in [3.8, 4) is 0 Å². The topological polar surface area (TPSA) is 37.6 Å². The van der Waals surface area contributed by atoms with Crippen molar-refractivity contribution in [3.05, 3.63) is 23.2 Å². The lowest BCUT2D eigenvalue weighted by Gasteiger charge is -2.19. The van der Waals surface area contributed by atoms with E-state index in [9.17, 15) is 0 Å². The molecule has 20 heavy (non-hydrogen) atoms. The molecule has 0 aromatic carbocycles. The molecule has 1 aromatic rings. The summed E-state index contributed by atoms with van der Waals surface area (Å²) < 4.78 is 11.7. The predicted molar refractivity (Wildman–Crippen MR) is 78.6 cm³/mol. The minimum absolute atomic E-state index is 0.409. The fourth-order valence-corrected chi connectivity index (χ4v) is 2.83. The van der Waals surface area contributed by atoms with Crippen molar-refractivity contribution in [2.45, 2.75) is 57.8 Å². The number of nitrogens with zero attached hydrogens (tertiary/aromatic N) is 1. The van der Waals surface area contributed by atoms with Gasteiger partial charge in [0.25, 0.3) is 0 Å². The van der Waals surface area contributed by atoms with Gasteiger partial charge in [0, 0.05) is 19.2 Å². The second kappa shape index (κ2) is 6.29. The molecule has 4 heteroatoms. The highest BCUT2D eigenvalue weighted by Crippen LogP contribution is 2.22. The van der Waals surface area contributed by atoms with E-state index in [1.54, 1.807) is 0 Å². The minimum Gasteiger partial charge on any atom is -0.463 e. The molecule has 1 aliphatic heterocycles. The van der Waals surface area contributed by atoms with Gasteiger partial charge in [-0.2, -0.15) is 0 Å². The quantitative estimate of drug-likeness (QED) is 0.831. The lowest BCUT2D eigenvalue weighted by Crippen LogP contribution is -2.28. The van der Waals surface area contributed by atoms with E-state index >= 15 is 0 Å². The molecule has 1 N–H and O–H groups in total. The maximum atomic E-state index is 5.98. The van der Waals surface area contributed by atoms with Crippen molar-refractivity contribution in [3.63, 3.8) is 0 Å². The highest BCUT2D eigenvalue weighted by molar-refractivity contribution is 5.20. The summed E-state index contributed by atoms with van der Waals surface area (Å²) >= 11 is 0. The van der Waals surface area contributed by atoms with Crippen LogP contribution in [0, 0.1) is 6.92 Å². The van der Waals surface area contributed by atoms with Gasteiger partial charge in [0.1, 0.15) is 11.5 Å². The predicted octanol–water partition coefficient (Wildman–Crippen LogP) is 2.45. The fraction of sp³-hybridized carbons (Fsp3) is 0.750. The normalized spacial score (nSPS) is 22.9. The van der Waals surface area contributed by atoms with Crippen LogP contribution in [-0.4, -0.2) is 37.2 Å². The van der Waals surface area contributed by atoms with Gasteiger partial charge in [-0.3, -0.25) is 4.90 Å². The maximum Gasteiger partial charge on any atom is 0.120 e. The van der Waals surface area contributed by atoms with E-state index < -0.39 is 0 Å².